The topological polar surface area (TPSA) is 4.93 Å². The van der Waals surface area contributed by atoms with Crippen LogP contribution in [0, 0.1) is 0 Å². The van der Waals surface area contributed by atoms with Crippen LogP contribution < -0.4 is 0 Å². The monoisotopic (exact) mass is 449 g/mol. The number of fused-ring (bicyclic) bond motifs is 5. The Morgan fingerprint density at radius 1 is 0.560 bits per heavy atom. The maximum absolute atomic E-state index is 3.78. The summed E-state index contributed by atoms with van der Waals surface area (Å²) in [5.41, 5.74) is 3.58. The number of hydrogen-bond donors (Lipinski definition) is 0. The largest absolute Gasteiger partial charge is 0.309 e. The molecule has 0 amide bonds. The number of benzene rings is 4. The molecule has 3 heteroatoms. The number of halogens is 2. The summed E-state index contributed by atoms with van der Waals surface area (Å²) in [6.07, 6.45) is 0. The minimum atomic E-state index is 1.12. The van der Waals surface area contributed by atoms with Gasteiger partial charge in [0, 0.05) is 25.4 Å². The molecular formula is C22H13Br2N. The first-order valence-electron chi connectivity index (χ1n) is 8.11. The fourth-order valence-electron chi connectivity index (χ4n) is 3.69. The molecule has 1 heterocycles. The molecule has 0 saturated carbocycles. The Morgan fingerprint density at radius 3 is 2.08 bits per heavy atom. The summed E-state index contributed by atoms with van der Waals surface area (Å²) in [6.45, 7) is 0. The van der Waals surface area contributed by atoms with Crippen molar-refractivity contribution in [2.45, 2.75) is 0 Å². The molecule has 0 fully saturated rings. The summed E-state index contributed by atoms with van der Waals surface area (Å²) >= 11 is 7.56. The van der Waals surface area contributed by atoms with E-state index in [-0.39, 0.29) is 0 Å². The van der Waals surface area contributed by atoms with E-state index in [0.29, 0.717) is 0 Å². The molecule has 1 nitrogen and oxygen atoms in total. The lowest BCUT2D eigenvalue weighted by Crippen LogP contribution is -1.93. The SMILES string of the molecule is Brc1cc2c(c3ccccc13)c1c(Br)cccc1n2-c1ccccc1. The van der Waals surface area contributed by atoms with E-state index in [9.17, 15) is 0 Å². The van der Waals surface area contributed by atoms with Crippen LogP contribution in [0.15, 0.2) is 87.8 Å². The summed E-state index contributed by atoms with van der Waals surface area (Å²) in [5.74, 6) is 0. The van der Waals surface area contributed by atoms with Gasteiger partial charge in [0.1, 0.15) is 0 Å². The highest BCUT2D eigenvalue weighted by Crippen LogP contribution is 2.42. The molecule has 0 aliphatic carbocycles. The van der Waals surface area contributed by atoms with Crippen molar-refractivity contribution in [1.29, 1.82) is 0 Å². The van der Waals surface area contributed by atoms with Gasteiger partial charge in [0.15, 0.2) is 0 Å². The van der Waals surface area contributed by atoms with Crippen LogP contribution in [-0.4, -0.2) is 4.57 Å². The summed E-state index contributed by atoms with van der Waals surface area (Å²) < 4.78 is 4.58. The van der Waals surface area contributed by atoms with Crippen LogP contribution in [0.25, 0.3) is 38.3 Å². The predicted molar refractivity (Wildman–Crippen MR) is 114 cm³/mol. The van der Waals surface area contributed by atoms with Crippen LogP contribution in [0.1, 0.15) is 0 Å². The second-order valence-corrected chi connectivity index (χ2v) is 7.81. The number of rotatable bonds is 1. The van der Waals surface area contributed by atoms with Gasteiger partial charge in [-0.3, -0.25) is 0 Å². The van der Waals surface area contributed by atoms with Gasteiger partial charge in [-0.1, -0.05) is 80.4 Å². The van der Waals surface area contributed by atoms with Gasteiger partial charge in [-0.05, 0) is 41.1 Å². The Bertz CT molecular complexity index is 1250. The molecule has 0 saturated heterocycles. The highest BCUT2D eigenvalue weighted by atomic mass is 79.9. The van der Waals surface area contributed by atoms with Crippen molar-refractivity contribution < 1.29 is 0 Å². The molecule has 5 aromatic rings. The zero-order valence-corrected chi connectivity index (χ0v) is 16.4. The molecule has 0 radical (unpaired) electrons. The second kappa shape index (κ2) is 5.72. The van der Waals surface area contributed by atoms with Crippen LogP contribution in [-0.2, 0) is 0 Å². The molecule has 4 aromatic carbocycles. The van der Waals surface area contributed by atoms with Crippen molar-refractivity contribution >= 4 is 64.4 Å². The molecule has 0 N–H and O–H groups in total. The molecule has 25 heavy (non-hydrogen) atoms. The van der Waals surface area contributed by atoms with E-state index in [1.807, 2.05) is 0 Å². The average molecular weight is 451 g/mol. The Labute approximate surface area is 162 Å². The van der Waals surface area contributed by atoms with Crippen molar-refractivity contribution in [1.82, 2.24) is 4.57 Å². The van der Waals surface area contributed by atoms with Gasteiger partial charge in [0.2, 0.25) is 0 Å². The van der Waals surface area contributed by atoms with Crippen molar-refractivity contribution in [2.24, 2.45) is 0 Å². The molecule has 0 bridgehead atoms. The van der Waals surface area contributed by atoms with Crippen molar-refractivity contribution in [3.8, 4) is 5.69 Å². The normalized spacial score (nSPS) is 11.6. The first-order valence-corrected chi connectivity index (χ1v) is 9.69. The maximum Gasteiger partial charge on any atom is 0.0559 e. The highest BCUT2D eigenvalue weighted by Gasteiger charge is 2.17. The van der Waals surface area contributed by atoms with Crippen LogP contribution in [0.4, 0.5) is 0 Å². The van der Waals surface area contributed by atoms with E-state index in [0.717, 1.165) is 8.95 Å². The van der Waals surface area contributed by atoms with E-state index >= 15 is 0 Å². The Hall–Kier alpha value is -2.10. The standard InChI is InChI=1S/C22H13Br2N/c23-17-11-6-12-19-22(17)21-16-10-5-4-9-15(16)18(24)13-20(21)25(19)14-7-2-1-3-8-14/h1-13H. The van der Waals surface area contributed by atoms with Crippen LogP contribution in [0.2, 0.25) is 0 Å². The molecule has 0 atom stereocenters. The van der Waals surface area contributed by atoms with Gasteiger partial charge in [0.05, 0.1) is 11.0 Å². The van der Waals surface area contributed by atoms with E-state index < -0.39 is 0 Å². The van der Waals surface area contributed by atoms with Crippen LogP contribution in [0.5, 0.6) is 0 Å². The van der Waals surface area contributed by atoms with Crippen molar-refractivity contribution in [3.63, 3.8) is 0 Å². The molecule has 0 aliphatic heterocycles. The zero-order valence-electron chi connectivity index (χ0n) is 13.2. The van der Waals surface area contributed by atoms with Gasteiger partial charge in [-0.2, -0.15) is 0 Å². The predicted octanol–water partition coefficient (Wildman–Crippen LogP) is 7.46. The van der Waals surface area contributed by atoms with Crippen LogP contribution in [0.3, 0.4) is 0 Å². The third-order valence-corrected chi connectivity index (χ3v) is 6.03. The van der Waals surface area contributed by atoms with Crippen molar-refractivity contribution in [2.75, 3.05) is 0 Å². The molecule has 0 spiro atoms. The number of para-hydroxylation sites is 1. The van der Waals surface area contributed by atoms with E-state index in [4.69, 9.17) is 0 Å². The fourth-order valence-corrected chi connectivity index (χ4v) is 4.80. The van der Waals surface area contributed by atoms with Gasteiger partial charge in [0.25, 0.3) is 0 Å². The lowest BCUT2D eigenvalue weighted by atomic mass is 10.0. The lowest BCUT2D eigenvalue weighted by Gasteiger charge is -2.09. The third-order valence-electron chi connectivity index (χ3n) is 4.71. The van der Waals surface area contributed by atoms with Crippen LogP contribution >= 0.6 is 31.9 Å². The number of nitrogens with zero attached hydrogens (tertiary/aromatic N) is 1. The quantitative estimate of drug-likeness (QED) is 0.249. The van der Waals surface area contributed by atoms with Crippen molar-refractivity contribution in [3.05, 3.63) is 87.8 Å². The minimum Gasteiger partial charge on any atom is -0.309 e. The third kappa shape index (κ3) is 2.19. The number of hydrogen-bond acceptors (Lipinski definition) is 0. The molecule has 1 aromatic heterocycles. The highest BCUT2D eigenvalue weighted by molar-refractivity contribution is 9.11. The molecule has 0 aliphatic rings. The Morgan fingerprint density at radius 2 is 1.28 bits per heavy atom. The lowest BCUT2D eigenvalue weighted by molar-refractivity contribution is 1.18. The van der Waals surface area contributed by atoms with E-state index in [1.54, 1.807) is 0 Å². The zero-order chi connectivity index (χ0) is 17.0. The second-order valence-electron chi connectivity index (χ2n) is 6.10. The maximum atomic E-state index is 3.78. The Kier molecular flexibility index (Phi) is 3.47. The summed E-state index contributed by atoms with van der Waals surface area (Å²) in [6, 6.07) is 27.7. The summed E-state index contributed by atoms with van der Waals surface area (Å²) in [7, 11) is 0. The summed E-state index contributed by atoms with van der Waals surface area (Å²) in [5, 5.41) is 5.03. The smallest absolute Gasteiger partial charge is 0.0559 e. The first-order chi connectivity index (χ1) is 12.3. The average Bonchev–Trinajstić information content (AvgIpc) is 2.98. The van der Waals surface area contributed by atoms with E-state index in [2.05, 4.69) is 115 Å². The molecule has 120 valence electrons. The summed E-state index contributed by atoms with van der Waals surface area (Å²) in [4.78, 5) is 0. The van der Waals surface area contributed by atoms with Gasteiger partial charge >= 0.3 is 0 Å². The van der Waals surface area contributed by atoms with E-state index in [1.165, 1.54) is 38.3 Å². The number of aromatic nitrogens is 1. The Balaban J connectivity index is 2.12. The van der Waals surface area contributed by atoms with Gasteiger partial charge in [-0.15, -0.1) is 0 Å². The van der Waals surface area contributed by atoms with Gasteiger partial charge in [-0.25, -0.2) is 0 Å². The molecule has 5 rings (SSSR count). The van der Waals surface area contributed by atoms with Gasteiger partial charge < -0.3 is 4.57 Å². The molecular weight excluding hydrogens is 438 g/mol. The first kappa shape index (κ1) is 15.2. The molecule has 0 unspecified atom stereocenters. The fraction of sp³-hybridized carbons (Fsp3) is 0. The minimum absolute atomic E-state index is 1.12.